The van der Waals surface area contributed by atoms with E-state index in [9.17, 15) is 4.79 Å². The second kappa shape index (κ2) is 4.84. The van der Waals surface area contributed by atoms with E-state index in [4.69, 9.17) is 27.9 Å². The minimum Gasteiger partial charge on any atom is -0.425 e. The van der Waals surface area contributed by atoms with Crippen LogP contribution in [-0.4, -0.2) is 5.97 Å². The van der Waals surface area contributed by atoms with Gasteiger partial charge in [0.1, 0.15) is 5.02 Å². The van der Waals surface area contributed by atoms with Gasteiger partial charge in [-0.2, -0.15) is 0 Å². The topological polar surface area (TPSA) is 26.3 Å². The molecule has 90 valence electrons. The van der Waals surface area contributed by atoms with E-state index >= 15 is 0 Å². The van der Waals surface area contributed by atoms with E-state index in [0.717, 1.165) is 16.5 Å². The number of hydrogen-bond donors (Lipinski definition) is 0. The van der Waals surface area contributed by atoms with E-state index in [1.54, 1.807) is 17.4 Å². The third-order valence-electron chi connectivity index (χ3n) is 2.31. The van der Waals surface area contributed by atoms with Gasteiger partial charge in [0, 0.05) is 11.8 Å². The predicted molar refractivity (Wildman–Crippen MR) is 72.5 cm³/mol. The summed E-state index contributed by atoms with van der Waals surface area (Å²) in [6, 6.07) is 3.79. The van der Waals surface area contributed by atoms with Crippen LogP contribution in [0.5, 0.6) is 5.75 Å². The molecule has 2 aromatic rings. The van der Waals surface area contributed by atoms with Crippen molar-refractivity contribution in [2.45, 2.75) is 20.3 Å². The Balaban J connectivity index is 2.63. The van der Waals surface area contributed by atoms with Crippen molar-refractivity contribution in [3.8, 4) is 5.75 Å². The number of carbonyl (C=O) groups is 1. The zero-order valence-corrected chi connectivity index (χ0v) is 11.7. The molecule has 0 aliphatic carbocycles. The van der Waals surface area contributed by atoms with Gasteiger partial charge in [0.05, 0.1) is 9.72 Å². The lowest BCUT2D eigenvalue weighted by atomic mass is 10.2. The number of benzene rings is 1. The molecule has 1 aromatic heterocycles. The van der Waals surface area contributed by atoms with E-state index in [-0.39, 0.29) is 0 Å². The molecule has 0 aliphatic heterocycles. The first kappa shape index (κ1) is 12.7. The van der Waals surface area contributed by atoms with Crippen molar-refractivity contribution in [1.29, 1.82) is 0 Å². The van der Waals surface area contributed by atoms with Crippen LogP contribution in [0, 0.1) is 0 Å². The van der Waals surface area contributed by atoms with Crippen molar-refractivity contribution in [3.63, 3.8) is 0 Å². The van der Waals surface area contributed by atoms with Crippen LogP contribution >= 0.6 is 34.5 Å². The van der Waals surface area contributed by atoms with Crippen LogP contribution in [0.15, 0.2) is 12.1 Å². The Morgan fingerprint density at radius 2 is 2.06 bits per heavy atom. The molecule has 2 rings (SSSR count). The zero-order chi connectivity index (χ0) is 12.6. The Hall–Kier alpha value is -0.770. The first-order valence-electron chi connectivity index (χ1n) is 5.11. The summed E-state index contributed by atoms with van der Waals surface area (Å²) in [6.07, 6.45) is 0.941. The number of rotatable bonds is 2. The van der Waals surface area contributed by atoms with E-state index in [1.807, 2.05) is 6.07 Å². The van der Waals surface area contributed by atoms with Crippen molar-refractivity contribution in [3.05, 3.63) is 27.1 Å². The van der Waals surface area contributed by atoms with Crippen LogP contribution in [0.25, 0.3) is 10.1 Å². The van der Waals surface area contributed by atoms with Gasteiger partial charge in [0.15, 0.2) is 5.75 Å². The van der Waals surface area contributed by atoms with Gasteiger partial charge in [-0.25, -0.2) is 0 Å². The number of fused-ring (bicyclic) bond motifs is 1. The van der Waals surface area contributed by atoms with E-state index in [0.29, 0.717) is 15.8 Å². The summed E-state index contributed by atoms with van der Waals surface area (Å²) < 4.78 is 5.96. The highest BCUT2D eigenvalue weighted by Gasteiger charge is 2.15. The molecule has 17 heavy (non-hydrogen) atoms. The van der Waals surface area contributed by atoms with Crippen molar-refractivity contribution in [2.24, 2.45) is 0 Å². The SMILES string of the molecule is CCc1cc2cc(OC(C)=O)c(Cl)c(Cl)c2s1. The number of carbonyl (C=O) groups excluding carboxylic acids is 1. The van der Waals surface area contributed by atoms with Crippen LogP contribution in [0.4, 0.5) is 0 Å². The molecule has 0 saturated carbocycles. The quantitative estimate of drug-likeness (QED) is 0.592. The van der Waals surface area contributed by atoms with E-state index in [2.05, 4.69) is 6.92 Å². The van der Waals surface area contributed by atoms with Gasteiger partial charge in [-0.05, 0) is 23.9 Å². The second-order valence-electron chi connectivity index (χ2n) is 3.58. The fraction of sp³-hybridized carbons (Fsp3) is 0.250. The molecule has 0 N–H and O–H groups in total. The highest BCUT2D eigenvalue weighted by Crippen LogP contribution is 2.42. The lowest BCUT2D eigenvalue weighted by Gasteiger charge is -2.06. The Kier molecular flexibility index (Phi) is 3.61. The predicted octanol–water partition coefficient (Wildman–Crippen LogP) is 4.70. The lowest BCUT2D eigenvalue weighted by molar-refractivity contribution is -0.131. The van der Waals surface area contributed by atoms with Crippen molar-refractivity contribution < 1.29 is 9.53 Å². The molecule has 0 saturated heterocycles. The molecule has 1 aromatic carbocycles. The first-order chi connectivity index (χ1) is 8.02. The largest absolute Gasteiger partial charge is 0.425 e. The van der Waals surface area contributed by atoms with Gasteiger partial charge in [-0.1, -0.05) is 30.1 Å². The van der Waals surface area contributed by atoms with Crippen molar-refractivity contribution in [1.82, 2.24) is 0 Å². The number of hydrogen-bond acceptors (Lipinski definition) is 3. The fourth-order valence-corrected chi connectivity index (χ4v) is 3.13. The average molecular weight is 289 g/mol. The molecule has 0 unspecified atom stereocenters. The molecule has 0 bridgehead atoms. The minimum absolute atomic E-state index is 0.291. The van der Waals surface area contributed by atoms with Gasteiger partial charge in [-0.3, -0.25) is 4.79 Å². The Morgan fingerprint density at radius 3 is 2.65 bits per heavy atom. The molecule has 0 aliphatic rings. The number of thiophene rings is 1. The van der Waals surface area contributed by atoms with E-state index in [1.165, 1.54) is 11.8 Å². The molecule has 1 heterocycles. The van der Waals surface area contributed by atoms with Gasteiger partial charge in [0.2, 0.25) is 0 Å². The summed E-state index contributed by atoms with van der Waals surface area (Å²) >= 11 is 13.8. The molecular weight excluding hydrogens is 279 g/mol. The number of ether oxygens (including phenoxy) is 1. The third-order valence-corrected chi connectivity index (χ3v) is 4.58. The van der Waals surface area contributed by atoms with Crippen LogP contribution < -0.4 is 4.74 Å². The molecule has 0 radical (unpaired) electrons. The monoisotopic (exact) mass is 288 g/mol. The van der Waals surface area contributed by atoms with Gasteiger partial charge in [0.25, 0.3) is 0 Å². The van der Waals surface area contributed by atoms with Gasteiger partial charge < -0.3 is 4.74 Å². The molecule has 5 heteroatoms. The van der Waals surface area contributed by atoms with E-state index < -0.39 is 5.97 Å². The highest BCUT2D eigenvalue weighted by atomic mass is 35.5. The van der Waals surface area contributed by atoms with Crippen LogP contribution in [0.2, 0.25) is 10.0 Å². The highest BCUT2D eigenvalue weighted by molar-refractivity contribution is 7.19. The van der Waals surface area contributed by atoms with Gasteiger partial charge in [-0.15, -0.1) is 11.3 Å². The zero-order valence-electron chi connectivity index (χ0n) is 9.34. The van der Waals surface area contributed by atoms with Gasteiger partial charge >= 0.3 is 5.97 Å². The molecule has 0 spiro atoms. The summed E-state index contributed by atoms with van der Waals surface area (Å²) in [5.74, 6) is -0.0922. The normalized spacial score (nSPS) is 10.8. The Labute approximate surface area is 113 Å². The smallest absolute Gasteiger partial charge is 0.308 e. The summed E-state index contributed by atoms with van der Waals surface area (Å²) in [4.78, 5) is 12.2. The number of aryl methyl sites for hydroxylation is 1. The van der Waals surface area contributed by atoms with Crippen LogP contribution in [0.1, 0.15) is 18.7 Å². The number of halogens is 2. The lowest BCUT2D eigenvalue weighted by Crippen LogP contribution is -2.01. The molecule has 2 nitrogen and oxygen atoms in total. The maximum atomic E-state index is 11.0. The minimum atomic E-state index is -0.409. The molecule has 0 amide bonds. The summed E-state index contributed by atoms with van der Waals surface area (Å²) in [5.41, 5.74) is 0. The summed E-state index contributed by atoms with van der Waals surface area (Å²) in [5, 5.41) is 1.70. The average Bonchev–Trinajstić information content (AvgIpc) is 2.68. The fourth-order valence-electron chi connectivity index (χ4n) is 1.55. The van der Waals surface area contributed by atoms with Crippen molar-refractivity contribution in [2.75, 3.05) is 0 Å². The van der Waals surface area contributed by atoms with Crippen molar-refractivity contribution >= 4 is 50.6 Å². The Bertz CT molecular complexity index is 590. The maximum absolute atomic E-state index is 11.0. The van der Waals surface area contributed by atoms with Crippen LogP contribution in [-0.2, 0) is 11.2 Å². The molecule has 0 fully saturated rings. The Morgan fingerprint density at radius 1 is 1.35 bits per heavy atom. The molecular formula is C12H10Cl2O2S. The second-order valence-corrected chi connectivity index (χ2v) is 5.47. The standard InChI is InChI=1S/C12H10Cl2O2S/c1-3-8-4-7-5-9(16-6(2)15)10(13)11(14)12(7)17-8/h4-5H,3H2,1-2H3. The third kappa shape index (κ3) is 2.41. The summed E-state index contributed by atoms with van der Waals surface area (Å²) in [7, 11) is 0. The van der Waals surface area contributed by atoms with Crippen LogP contribution in [0.3, 0.4) is 0 Å². The summed E-state index contributed by atoms with van der Waals surface area (Å²) in [6.45, 7) is 3.41. The number of esters is 1. The molecule has 0 atom stereocenters. The first-order valence-corrected chi connectivity index (χ1v) is 6.69. The maximum Gasteiger partial charge on any atom is 0.308 e.